The normalized spacial score (nSPS) is 41.6. The third kappa shape index (κ3) is 2.53. The highest BCUT2D eigenvalue weighted by Gasteiger charge is 2.88. The van der Waals surface area contributed by atoms with Crippen LogP contribution in [0, 0.1) is 40.3 Å². The van der Waals surface area contributed by atoms with Crippen molar-refractivity contribution in [3.63, 3.8) is 0 Å². The highest BCUT2D eigenvalue weighted by atomic mass is 19.1. The fourth-order valence-electron chi connectivity index (χ4n) is 9.71. The van der Waals surface area contributed by atoms with Crippen molar-refractivity contribution in [2.45, 2.75) is 70.4 Å². The molecule has 33 heavy (non-hydrogen) atoms. The van der Waals surface area contributed by atoms with E-state index in [-0.39, 0.29) is 22.8 Å². The van der Waals surface area contributed by atoms with Crippen LogP contribution in [0.15, 0.2) is 24.3 Å². The summed E-state index contributed by atoms with van der Waals surface area (Å²) in [5.41, 5.74) is 2.16. The van der Waals surface area contributed by atoms with Crippen LogP contribution < -0.4 is 5.32 Å². The van der Waals surface area contributed by atoms with Gasteiger partial charge in [-0.15, -0.1) is 0 Å². The lowest BCUT2D eigenvalue weighted by Gasteiger charge is -2.91. The molecule has 3 unspecified atom stereocenters. The summed E-state index contributed by atoms with van der Waals surface area (Å²) < 4.78 is 13.6. The predicted octanol–water partition coefficient (Wildman–Crippen LogP) is 5.21. The molecule has 2 aliphatic heterocycles. The van der Waals surface area contributed by atoms with Crippen molar-refractivity contribution in [1.82, 2.24) is 15.1 Å². The molecule has 0 aromatic heterocycles. The number of benzene rings is 1. The number of urea groups is 1. The molecular formula is C28H38FN3O. The summed E-state index contributed by atoms with van der Waals surface area (Å²) in [4.78, 5) is 18.0. The molecule has 2 heterocycles. The molecule has 1 aromatic carbocycles. The Hall–Kier alpha value is -1.62. The molecule has 3 atom stereocenters. The number of amides is 2. The van der Waals surface area contributed by atoms with E-state index in [1.807, 2.05) is 12.1 Å². The van der Waals surface area contributed by atoms with E-state index in [0.717, 1.165) is 56.8 Å². The van der Waals surface area contributed by atoms with Crippen molar-refractivity contribution in [2.75, 3.05) is 26.2 Å². The van der Waals surface area contributed by atoms with Crippen LogP contribution in [0.3, 0.4) is 0 Å². The summed E-state index contributed by atoms with van der Waals surface area (Å²) in [5, 5.41) is 3.57. The lowest BCUT2D eigenvalue weighted by Crippen LogP contribution is -2.93. The smallest absolute Gasteiger partial charge is 0.317 e. The first kappa shape index (κ1) is 20.7. The third-order valence-electron chi connectivity index (χ3n) is 11.2. The molecule has 7 rings (SSSR count). The number of carbonyl (C=O) groups excluding carboxylic acids is 1. The maximum atomic E-state index is 13.6. The first-order chi connectivity index (χ1) is 15.9. The van der Waals surface area contributed by atoms with E-state index in [2.05, 4.69) is 29.0 Å². The number of nitrogens with zero attached hydrogens (tertiary/aromatic N) is 2. The Labute approximate surface area is 197 Å². The fourth-order valence-corrected chi connectivity index (χ4v) is 9.71. The summed E-state index contributed by atoms with van der Waals surface area (Å²) in [5.74, 6) is 3.28. The van der Waals surface area contributed by atoms with Gasteiger partial charge < -0.3 is 10.2 Å². The standard InChI is InChI=1S/C28H38FN3O/c1-18(2)7-10-32-17-26(24(32)19-3-5-23(29)6-4-19)8-11-31(12-9-26)25(33)30-27-15-21-13-20-14-22(16-27)28(20,21)27/h3-6,18,20-22,24H,7-17H2,1-2H3,(H,30,33). The van der Waals surface area contributed by atoms with Gasteiger partial charge in [0.2, 0.25) is 0 Å². The van der Waals surface area contributed by atoms with Gasteiger partial charge in [-0.2, -0.15) is 0 Å². The molecule has 2 spiro atoms. The minimum atomic E-state index is -0.164. The van der Waals surface area contributed by atoms with Crippen LogP contribution in [0.4, 0.5) is 9.18 Å². The number of carbonyl (C=O) groups is 1. The Morgan fingerprint density at radius 2 is 1.76 bits per heavy atom. The van der Waals surface area contributed by atoms with Crippen LogP contribution in [-0.2, 0) is 0 Å². The molecule has 0 bridgehead atoms. The SMILES string of the molecule is CC(C)CCN1CC2(CCN(C(=O)NC34CC5CC6CC(C3)C654)CC2)C1c1ccc(F)cc1. The highest BCUT2D eigenvalue weighted by molar-refractivity contribution is 5.76. The molecule has 1 N–H and O–H groups in total. The Balaban J connectivity index is 1.02. The van der Waals surface area contributed by atoms with E-state index in [1.165, 1.54) is 37.7 Å². The lowest BCUT2D eigenvalue weighted by atomic mass is 9.15. The fraction of sp³-hybridized carbons (Fsp3) is 0.750. The summed E-state index contributed by atoms with van der Waals surface area (Å²) in [6.45, 7) is 8.46. The molecule has 6 fully saturated rings. The zero-order chi connectivity index (χ0) is 22.6. The topological polar surface area (TPSA) is 35.6 Å². The number of rotatable bonds is 5. The average molecular weight is 452 g/mol. The Bertz CT molecular complexity index is 940. The van der Waals surface area contributed by atoms with Gasteiger partial charge in [0, 0.05) is 42.0 Å². The molecule has 4 saturated carbocycles. The van der Waals surface area contributed by atoms with Crippen molar-refractivity contribution in [1.29, 1.82) is 0 Å². The van der Waals surface area contributed by atoms with Crippen LogP contribution in [0.1, 0.15) is 70.4 Å². The maximum absolute atomic E-state index is 13.6. The van der Waals surface area contributed by atoms with Crippen molar-refractivity contribution >= 4 is 6.03 Å². The lowest BCUT2D eigenvalue weighted by molar-refractivity contribution is -0.394. The van der Waals surface area contributed by atoms with Crippen LogP contribution >= 0.6 is 0 Å². The highest BCUT2D eigenvalue weighted by Crippen LogP contribution is 2.89. The summed E-state index contributed by atoms with van der Waals surface area (Å²) in [6.07, 6.45) is 8.62. The van der Waals surface area contributed by atoms with Crippen molar-refractivity contribution in [3.05, 3.63) is 35.6 Å². The first-order valence-electron chi connectivity index (χ1n) is 13.4. The number of likely N-dealkylation sites (tertiary alicyclic amines) is 2. The largest absolute Gasteiger partial charge is 0.332 e. The number of nitrogens with one attached hydrogen (secondary N) is 1. The zero-order valence-electron chi connectivity index (χ0n) is 20.2. The Morgan fingerprint density at radius 3 is 2.33 bits per heavy atom. The molecule has 2 amide bonds. The second kappa shape index (κ2) is 6.74. The average Bonchev–Trinajstić information content (AvgIpc) is 2.73. The van der Waals surface area contributed by atoms with E-state index in [4.69, 9.17) is 0 Å². The van der Waals surface area contributed by atoms with Crippen molar-refractivity contribution in [2.24, 2.45) is 34.5 Å². The molecule has 1 aromatic rings. The number of hydrogen-bond acceptors (Lipinski definition) is 2. The van der Waals surface area contributed by atoms with Crippen LogP contribution in [0.2, 0.25) is 0 Å². The van der Waals surface area contributed by atoms with Crippen LogP contribution in [0.5, 0.6) is 0 Å². The molecule has 178 valence electrons. The minimum absolute atomic E-state index is 0.163. The summed E-state index contributed by atoms with van der Waals surface area (Å²) in [7, 11) is 0. The van der Waals surface area contributed by atoms with Gasteiger partial charge in [-0.1, -0.05) is 26.0 Å². The Morgan fingerprint density at radius 1 is 1.09 bits per heavy atom. The minimum Gasteiger partial charge on any atom is -0.332 e. The molecule has 5 heteroatoms. The molecule has 6 aliphatic rings. The van der Waals surface area contributed by atoms with E-state index >= 15 is 0 Å². The first-order valence-corrected chi connectivity index (χ1v) is 13.4. The quantitative estimate of drug-likeness (QED) is 0.667. The van der Waals surface area contributed by atoms with Crippen molar-refractivity contribution in [3.8, 4) is 0 Å². The van der Waals surface area contributed by atoms with E-state index in [9.17, 15) is 9.18 Å². The van der Waals surface area contributed by atoms with Gasteiger partial charge in [-0.3, -0.25) is 4.90 Å². The van der Waals surface area contributed by atoms with Crippen LogP contribution in [-0.4, -0.2) is 47.5 Å². The van der Waals surface area contributed by atoms with Gasteiger partial charge >= 0.3 is 6.03 Å². The monoisotopic (exact) mass is 451 g/mol. The molecular weight excluding hydrogens is 413 g/mol. The molecule has 4 aliphatic carbocycles. The Kier molecular flexibility index (Phi) is 4.23. The van der Waals surface area contributed by atoms with E-state index < -0.39 is 0 Å². The van der Waals surface area contributed by atoms with Gasteiger partial charge in [0.25, 0.3) is 0 Å². The second-order valence-electron chi connectivity index (χ2n) is 12.9. The molecule has 0 radical (unpaired) electrons. The van der Waals surface area contributed by atoms with E-state index in [1.54, 1.807) is 12.1 Å². The second-order valence-corrected chi connectivity index (χ2v) is 12.9. The molecule has 4 nitrogen and oxygen atoms in total. The third-order valence-corrected chi connectivity index (χ3v) is 11.2. The van der Waals surface area contributed by atoms with Gasteiger partial charge in [-0.25, -0.2) is 9.18 Å². The van der Waals surface area contributed by atoms with E-state index in [0.29, 0.717) is 17.4 Å². The summed E-state index contributed by atoms with van der Waals surface area (Å²) in [6, 6.07) is 7.72. The van der Waals surface area contributed by atoms with Gasteiger partial charge in [0.05, 0.1) is 0 Å². The van der Waals surface area contributed by atoms with Gasteiger partial charge in [0.15, 0.2) is 0 Å². The molecule has 2 saturated heterocycles. The van der Waals surface area contributed by atoms with Gasteiger partial charge in [-0.05, 0) is 92.9 Å². The number of halogens is 1. The zero-order valence-corrected chi connectivity index (χ0v) is 20.2. The van der Waals surface area contributed by atoms with Gasteiger partial charge in [0.1, 0.15) is 5.82 Å². The predicted molar refractivity (Wildman–Crippen MR) is 126 cm³/mol. The summed E-state index contributed by atoms with van der Waals surface area (Å²) >= 11 is 0. The number of hydrogen-bond donors (Lipinski definition) is 1. The number of piperidine rings is 1. The maximum Gasteiger partial charge on any atom is 0.317 e. The van der Waals surface area contributed by atoms with Crippen molar-refractivity contribution < 1.29 is 9.18 Å². The van der Waals surface area contributed by atoms with Crippen LogP contribution in [0.25, 0.3) is 0 Å².